The minimum absolute atomic E-state index is 0.0188. The summed E-state index contributed by atoms with van der Waals surface area (Å²) in [4.78, 5) is 12.7. The van der Waals surface area contributed by atoms with Gasteiger partial charge in [-0.3, -0.25) is 9.10 Å². The molecule has 1 amide bonds. The molecule has 0 saturated heterocycles. The molecule has 0 aliphatic carbocycles. The summed E-state index contributed by atoms with van der Waals surface area (Å²) in [7, 11) is -2.52. The van der Waals surface area contributed by atoms with Crippen molar-refractivity contribution in [2.75, 3.05) is 18.0 Å². The van der Waals surface area contributed by atoms with Gasteiger partial charge < -0.3 is 4.74 Å². The Kier molecular flexibility index (Phi) is 8.35. The number of hydrogen-bond donors (Lipinski definition) is 1. The van der Waals surface area contributed by atoms with Crippen molar-refractivity contribution in [2.24, 2.45) is 5.10 Å². The predicted octanol–water partition coefficient (Wildman–Crippen LogP) is 5.07. The van der Waals surface area contributed by atoms with E-state index >= 15 is 0 Å². The van der Waals surface area contributed by atoms with Crippen LogP contribution in [0.1, 0.15) is 16.7 Å². The number of anilines is 1. The summed E-state index contributed by atoms with van der Waals surface area (Å²) in [5.74, 6) is -0.0377. The fourth-order valence-electron chi connectivity index (χ4n) is 3.08. The van der Waals surface area contributed by atoms with Gasteiger partial charge >= 0.3 is 0 Å². The molecule has 0 spiro atoms. The highest BCUT2D eigenvalue weighted by Gasteiger charge is 2.27. The van der Waals surface area contributed by atoms with Gasteiger partial charge in [0, 0.05) is 15.1 Å². The van der Waals surface area contributed by atoms with Crippen LogP contribution in [-0.2, 0) is 14.8 Å². The summed E-state index contributed by atoms with van der Waals surface area (Å²) in [6, 6.07) is 16.3. The molecule has 0 fully saturated rings. The Morgan fingerprint density at radius 2 is 1.79 bits per heavy atom. The van der Waals surface area contributed by atoms with Crippen LogP contribution in [0.15, 0.2) is 75.1 Å². The number of aryl methyl sites for hydroxylation is 2. The molecule has 0 aliphatic heterocycles. The average Bonchev–Trinajstić information content (AvgIpc) is 2.80. The first-order valence-corrected chi connectivity index (χ1v) is 12.7. The van der Waals surface area contributed by atoms with Crippen molar-refractivity contribution in [3.05, 3.63) is 86.8 Å². The molecule has 178 valence electrons. The van der Waals surface area contributed by atoms with Crippen molar-refractivity contribution in [1.82, 2.24) is 5.43 Å². The molecule has 3 aromatic rings. The van der Waals surface area contributed by atoms with Gasteiger partial charge in [-0.2, -0.15) is 5.10 Å². The number of methoxy groups -OCH3 is 1. The molecule has 0 unspecified atom stereocenters. The predicted molar refractivity (Wildman–Crippen MR) is 138 cm³/mol. The molecule has 0 atom stereocenters. The second-order valence-corrected chi connectivity index (χ2v) is 10.6. The lowest BCUT2D eigenvalue weighted by molar-refractivity contribution is -0.119. The number of carbonyl (C=O) groups excluding carboxylic acids is 1. The second-order valence-electron chi connectivity index (χ2n) is 7.41. The molecule has 0 aromatic heterocycles. The topological polar surface area (TPSA) is 88.1 Å². The molecule has 0 heterocycles. The van der Waals surface area contributed by atoms with E-state index in [4.69, 9.17) is 16.3 Å². The minimum Gasteiger partial charge on any atom is -0.496 e. The molecule has 0 bridgehead atoms. The van der Waals surface area contributed by atoms with Crippen LogP contribution < -0.4 is 14.5 Å². The van der Waals surface area contributed by atoms with Crippen molar-refractivity contribution in [3.63, 3.8) is 0 Å². The quantitative estimate of drug-likeness (QED) is 0.306. The van der Waals surface area contributed by atoms with Crippen molar-refractivity contribution < 1.29 is 17.9 Å². The molecular weight excluding hydrogens is 542 g/mol. The lowest BCUT2D eigenvalue weighted by Gasteiger charge is -2.24. The number of carbonyl (C=O) groups is 1. The number of rotatable bonds is 8. The lowest BCUT2D eigenvalue weighted by atomic mass is 10.1. The van der Waals surface area contributed by atoms with Gasteiger partial charge in [0.05, 0.1) is 23.9 Å². The SMILES string of the molecule is COc1ccc(Br)cc1/C=N\NC(=O)CN(c1ccc(C)c(C)c1)S(=O)(=O)c1ccc(Cl)cc1. The van der Waals surface area contributed by atoms with Crippen LogP contribution in [-0.4, -0.2) is 34.2 Å². The van der Waals surface area contributed by atoms with E-state index < -0.39 is 22.5 Å². The smallest absolute Gasteiger partial charge is 0.264 e. The Morgan fingerprint density at radius 1 is 1.09 bits per heavy atom. The summed E-state index contributed by atoms with van der Waals surface area (Å²) in [6.45, 7) is 3.33. The highest BCUT2D eigenvalue weighted by Crippen LogP contribution is 2.26. The first-order valence-electron chi connectivity index (χ1n) is 10.1. The number of hydrogen-bond acceptors (Lipinski definition) is 5. The first kappa shape index (κ1) is 25.7. The molecular formula is C24H23BrClN3O4S. The van der Waals surface area contributed by atoms with Crippen LogP contribution >= 0.6 is 27.5 Å². The zero-order valence-corrected chi connectivity index (χ0v) is 21.9. The summed E-state index contributed by atoms with van der Waals surface area (Å²) in [5, 5.41) is 4.38. The summed E-state index contributed by atoms with van der Waals surface area (Å²) >= 11 is 9.30. The van der Waals surface area contributed by atoms with E-state index in [1.807, 2.05) is 26.0 Å². The van der Waals surface area contributed by atoms with Gasteiger partial charge in [0.2, 0.25) is 0 Å². The van der Waals surface area contributed by atoms with Crippen LogP contribution in [0.25, 0.3) is 0 Å². The van der Waals surface area contributed by atoms with Crippen LogP contribution in [0.2, 0.25) is 5.02 Å². The van der Waals surface area contributed by atoms with E-state index in [1.165, 1.54) is 37.6 Å². The van der Waals surface area contributed by atoms with Crippen molar-refractivity contribution in [2.45, 2.75) is 18.7 Å². The Balaban J connectivity index is 1.88. The summed E-state index contributed by atoms with van der Waals surface area (Å²) in [6.07, 6.45) is 1.43. The van der Waals surface area contributed by atoms with Gasteiger partial charge in [-0.05, 0) is 79.6 Å². The molecule has 7 nitrogen and oxygen atoms in total. The van der Waals surface area contributed by atoms with Crippen molar-refractivity contribution in [3.8, 4) is 5.75 Å². The van der Waals surface area contributed by atoms with Gasteiger partial charge in [-0.25, -0.2) is 13.8 Å². The number of amides is 1. The normalized spacial score (nSPS) is 11.4. The summed E-state index contributed by atoms with van der Waals surface area (Å²) < 4.78 is 34.0. The monoisotopic (exact) mass is 563 g/mol. The molecule has 3 aromatic carbocycles. The fourth-order valence-corrected chi connectivity index (χ4v) is 4.99. The van der Waals surface area contributed by atoms with Crippen LogP contribution in [0, 0.1) is 13.8 Å². The number of nitrogens with one attached hydrogen (secondary N) is 1. The third kappa shape index (κ3) is 6.16. The third-order valence-corrected chi connectivity index (χ3v) is 7.59. The number of nitrogens with zero attached hydrogens (tertiary/aromatic N) is 2. The van der Waals surface area contributed by atoms with E-state index in [-0.39, 0.29) is 4.90 Å². The van der Waals surface area contributed by atoms with E-state index in [9.17, 15) is 13.2 Å². The molecule has 3 rings (SSSR count). The minimum atomic E-state index is -4.05. The maximum absolute atomic E-state index is 13.4. The molecule has 34 heavy (non-hydrogen) atoms. The largest absolute Gasteiger partial charge is 0.496 e. The van der Waals surface area contributed by atoms with Gasteiger partial charge in [0.25, 0.3) is 15.9 Å². The van der Waals surface area contributed by atoms with Crippen molar-refractivity contribution in [1.29, 1.82) is 0 Å². The molecule has 0 saturated carbocycles. The number of benzene rings is 3. The zero-order chi connectivity index (χ0) is 24.9. The molecule has 10 heteroatoms. The lowest BCUT2D eigenvalue weighted by Crippen LogP contribution is -2.39. The average molecular weight is 565 g/mol. The third-order valence-electron chi connectivity index (χ3n) is 5.05. The van der Waals surface area contributed by atoms with Crippen LogP contribution in [0.3, 0.4) is 0 Å². The first-order chi connectivity index (χ1) is 16.1. The highest BCUT2D eigenvalue weighted by atomic mass is 79.9. The maximum atomic E-state index is 13.4. The number of ether oxygens (including phenoxy) is 1. The van der Waals surface area contributed by atoms with Gasteiger partial charge in [-0.15, -0.1) is 0 Å². The van der Waals surface area contributed by atoms with E-state index in [1.54, 1.807) is 24.3 Å². The second kappa shape index (κ2) is 11.0. The Morgan fingerprint density at radius 3 is 2.44 bits per heavy atom. The Labute approximate surface area is 212 Å². The van der Waals surface area contributed by atoms with Gasteiger partial charge in [0.1, 0.15) is 12.3 Å². The highest BCUT2D eigenvalue weighted by molar-refractivity contribution is 9.10. The van der Waals surface area contributed by atoms with Gasteiger partial charge in [0.15, 0.2) is 0 Å². The standard InChI is InChI=1S/C24H23BrClN3O4S/c1-16-4-8-21(12-17(16)2)29(34(31,32)22-9-6-20(26)7-10-22)15-24(30)28-27-14-18-13-19(25)5-11-23(18)33-3/h4-14H,15H2,1-3H3,(H,28,30)/b27-14-. The zero-order valence-electron chi connectivity index (χ0n) is 18.7. The summed E-state index contributed by atoms with van der Waals surface area (Å²) in [5.41, 5.74) is 5.30. The number of hydrazone groups is 1. The maximum Gasteiger partial charge on any atom is 0.264 e. The van der Waals surface area contributed by atoms with E-state index in [2.05, 4.69) is 26.5 Å². The van der Waals surface area contributed by atoms with Crippen molar-refractivity contribution >= 4 is 55.4 Å². The molecule has 0 aliphatic rings. The number of sulfonamides is 1. The Hall–Kier alpha value is -2.88. The molecule has 0 radical (unpaired) electrons. The van der Waals surface area contributed by atoms with Crippen LogP contribution in [0.5, 0.6) is 5.75 Å². The van der Waals surface area contributed by atoms with E-state index in [0.29, 0.717) is 22.0 Å². The van der Waals surface area contributed by atoms with Crippen LogP contribution in [0.4, 0.5) is 5.69 Å². The van der Waals surface area contributed by atoms with Gasteiger partial charge in [-0.1, -0.05) is 33.6 Å². The Bertz CT molecular complexity index is 1330. The molecule has 1 N–H and O–H groups in total. The fraction of sp³-hybridized carbons (Fsp3) is 0.167. The number of halogens is 2. The van der Waals surface area contributed by atoms with E-state index in [0.717, 1.165) is 19.9 Å².